The highest BCUT2D eigenvalue weighted by Gasteiger charge is 2.60. The Bertz CT molecular complexity index is 923. The molecule has 2 aromatic carbocycles. The van der Waals surface area contributed by atoms with Crippen LogP contribution in [0.3, 0.4) is 0 Å². The first-order chi connectivity index (χ1) is 14.0. The van der Waals surface area contributed by atoms with E-state index in [-0.39, 0.29) is 13.5 Å². The van der Waals surface area contributed by atoms with Crippen LogP contribution in [0.15, 0.2) is 36.4 Å². The number of rotatable bonds is 3. The maximum Gasteiger partial charge on any atom is 0.310 e. The Hall–Kier alpha value is -1.72. The number of carboxylic acids is 1. The van der Waals surface area contributed by atoms with Gasteiger partial charge in [0.1, 0.15) is 5.75 Å². The van der Waals surface area contributed by atoms with Crippen molar-refractivity contribution < 1.29 is 20.4 Å². The molecule has 4 nitrogen and oxygen atoms in total. The van der Waals surface area contributed by atoms with Gasteiger partial charge in [0.05, 0.1) is 18.6 Å². The molecule has 4 bridgehead atoms. The molecule has 4 saturated carbocycles. The van der Waals surface area contributed by atoms with Gasteiger partial charge in [0.25, 0.3) is 0 Å². The van der Waals surface area contributed by atoms with Gasteiger partial charge in [-0.05, 0) is 71.4 Å². The molecule has 4 aliphatic carbocycles. The quantitative estimate of drug-likeness (QED) is 0.689. The van der Waals surface area contributed by atoms with Crippen LogP contribution in [0.1, 0.15) is 70.8 Å². The third-order valence-electron chi connectivity index (χ3n) is 7.68. The zero-order valence-corrected chi connectivity index (χ0v) is 20.3. The van der Waals surface area contributed by atoms with Crippen LogP contribution < -0.4 is 10.5 Å². The smallest absolute Gasteiger partial charge is 0.310 e. The molecule has 5 heteroatoms. The fourth-order valence-electron chi connectivity index (χ4n) is 7.47. The molecule has 4 aliphatic rings. The van der Waals surface area contributed by atoms with E-state index < -0.39 is 11.9 Å². The van der Waals surface area contributed by atoms with Crippen molar-refractivity contribution in [2.45, 2.75) is 70.8 Å². The predicted molar refractivity (Wildman–Crippen MR) is 130 cm³/mol. The molecule has 170 valence electrons. The van der Waals surface area contributed by atoms with Gasteiger partial charge < -0.3 is 15.6 Å². The van der Waals surface area contributed by atoms with E-state index >= 15 is 0 Å². The second-order valence-corrected chi connectivity index (χ2v) is 11.2. The first kappa shape index (κ1) is 23.9. The average Bonchev–Trinajstić information content (AvgIpc) is 2.63. The van der Waals surface area contributed by atoms with E-state index in [4.69, 9.17) is 9.84 Å². The van der Waals surface area contributed by atoms with Crippen molar-refractivity contribution in [2.24, 2.45) is 16.7 Å². The first-order valence-corrected chi connectivity index (χ1v) is 11.2. The summed E-state index contributed by atoms with van der Waals surface area (Å²) in [6.45, 7) is 6.71. The lowest BCUT2D eigenvalue weighted by molar-refractivity contribution is -0.514. The molecule has 2 unspecified atom stereocenters. The number of ether oxygens (including phenoxy) is 1. The van der Waals surface area contributed by atoms with Crippen LogP contribution >= 0.6 is 13.5 Å². The predicted octanol–water partition coefficient (Wildman–Crippen LogP) is 5.13. The molecule has 31 heavy (non-hydrogen) atoms. The minimum atomic E-state index is -0.808. The van der Waals surface area contributed by atoms with Crippen molar-refractivity contribution >= 4 is 30.2 Å². The van der Waals surface area contributed by atoms with Gasteiger partial charge in [-0.1, -0.05) is 38.1 Å². The number of methoxy groups -OCH3 is 1. The summed E-state index contributed by atoms with van der Waals surface area (Å²) in [6, 6.07) is 11.4. The number of benzene rings is 2. The Kier molecular flexibility index (Phi) is 6.43. The molecule has 2 aromatic rings. The number of carboxylic acid groups (broad SMARTS) is 1. The second-order valence-electron chi connectivity index (χ2n) is 11.2. The molecule has 0 radical (unpaired) electrons. The third-order valence-corrected chi connectivity index (χ3v) is 7.68. The molecule has 0 aliphatic heterocycles. The van der Waals surface area contributed by atoms with Crippen molar-refractivity contribution in [3.8, 4) is 5.75 Å². The second kappa shape index (κ2) is 8.32. The zero-order valence-electron chi connectivity index (χ0n) is 19.3. The maximum absolute atomic E-state index is 10.9. The zero-order chi connectivity index (χ0) is 21.7. The largest absolute Gasteiger partial charge is 0.497 e. The van der Waals surface area contributed by atoms with E-state index in [2.05, 4.69) is 19.6 Å². The van der Waals surface area contributed by atoms with E-state index in [0.29, 0.717) is 16.4 Å². The van der Waals surface area contributed by atoms with Crippen LogP contribution in [0.2, 0.25) is 0 Å². The molecular weight excluding hydrogens is 406 g/mol. The highest BCUT2D eigenvalue weighted by Crippen LogP contribution is 2.64. The van der Waals surface area contributed by atoms with Gasteiger partial charge in [-0.2, -0.15) is 13.5 Å². The Morgan fingerprint density at radius 2 is 1.61 bits per heavy atom. The van der Waals surface area contributed by atoms with Crippen molar-refractivity contribution in [2.75, 3.05) is 7.11 Å². The summed E-state index contributed by atoms with van der Waals surface area (Å²) < 4.78 is 5.14. The van der Waals surface area contributed by atoms with Crippen LogP contribution in [0, 0.1) is 16.7 Å². The van der Waals surface area contributed by atoms with Crippen LogP contribution in [-0.2, 0) is 4.79 Å². The molecule has 0 spiro atoms. The highest BCUT2D eigenvalue weighted by atomic mass is 32.1. The van der Waals surface area contributed by atoms with Gasteiger partial charge in [-0.3, -0.25) is 4.79 Å². The van der Waals surface area contributed by atoms with Crippen LogP contribution in [0.4, 0.5) is 0 Å². The summed E-state index contributed by atoms with van der Waals surface area (Å²) in [7, 11) is 1.63. The van der Waals surface area contributed by atoms with Crippen LogP contribution in [-0.4, -0.2) is 23.7 Å². The third kappa shape index (κ3) is 4.88. The fourth-order valence-corrected chi connectivity index (χ4v) is 7.47. The number of hydrogen-bond acceptors (Lipinski definition) is 2. The Morgan fingerprint density at radius 3 is 2.13 bits per heavy atom. The summed E-state index contributed by atoms with van der Waals surface area (Å²) >= 11 is 0. The summed E-state index contributed by atoms with van der Waals surface area (Å²) in [6.07, 6.45) is 8.73. The molecular formula is C26H38NO3S+. The lowest BCUT2D eigenvalue weighted by atomic mass is 9.43. The molecule has 4 fully saturated rings. The molecule has 0 saturated heterocycles. The lowest BCUT2D eigenvalue weighted by Gasteiger charge is -2.62. The molecule has 0 amide bonds. The minimum absolute atomic E-state index is 0. The van der Waals surface area contributed by atoms with Gasteiger partial charge in [0, 0.05) is 19.3 Å². The number of carbonyl (C=O) groups is 1. The molecule has 6 rings (SSSR count). The molecule has 4 N–H and O–H groups in total. The molecule has 3 atom stereocenters. The average molecular weight is 445 g/mol. The number of quaternary nitrogens is 1. The number of aliphatic carboxylic acids is 1. The van der Waals surface area contributed by atoms with E-state index in [9.17, 15) is 4.79 Å². The maximum atomic E-state index is 10.9. The minimum Gasteiger partial charge on any atom is -0.497 e. The standard InChI is InChI=1S/C14H14O3.C12H21N.H2S/c1-9(14(15)16)10-3-4-12-8-13(17-2)6-5-11(12)7-10;1-10-3-9-4-11(2,6-10)8-12(13,5-9)7-10;/h3-9H,1-2H3,(H,15,16);9H,3-8,13H2,1-2H3;1H2/p+1/t9-;;/m0../s1. The normalized spacial score (nSPS) is 33.8. The van der Waals surface area contributed by atoms with E-state index in [1.807, 2.05) is 36.4 Å². The van der Waals surface area contributed by atoms with E-state index in [1.54, 1.807) is 14.0 Å². The van der Waals surface area contributed by atoms with Gasteiger partial charge in [0.15, 0.2) is 0 Å². The lowest BCUT2D eigenvalue weighted by Crippen LogP contribution is -2.80. The van der Waals surface area contributed by atoms with Crippen molar-refractivity contribution in [1.29, 1.82) is 0 Å². The van der Waals surface area contributed by atoms with Crippen molar-refractivity contribution in [1.82, 2.24) is 0 Å². The SMILES string of the molecule is CC12CC3CC(C)(C1)CC([NH3+])(C3)C2.COc1ccc2cc([C@H](C)C(=O)O)ccc2c1.S. The van der Waals surface area contributed by atoms with Crippen LogP contribution in [0.25, 0.3) is 10.8 Å². The van der Waals surface area contributed by atoms with Crippen LogP contribution in [0.5, 0.6) is 5.75 Å². The van der Waals surface area contributed by atoms with Crippen molar-refractivity contribution in [3.05, 3.63) is 42.0 Å². The van der Waals surface area contributed by atoms with Gasteiger partial charge in [-0.15, -0.1) is 0 Å². The molecule has 0 heterocycles. The Morgan fingerprint density at radius 1 is 1.03 bits per heavy atom. The number of fused-ring (bicyclic) bond motifs is 1. The summed E-state index contributed by atoms with van der Waals surface area (Å²) in [4.78, 5) is 10.9. The molecule has 0 aromatic heterocycles. The van der Waals surface area contributed by atoms with E-state index in [0.717, 1.165) is 28.0 Å². The fraction of sp³-hybridized carbons (Fsp3) is 0.577. The topological polar surface area (TPSA) is 74.2 Å². The van der Waals surface area contributed by atoms with Gasteiger partial charge in [-0.25, -0.2) is 0 Å². The Labute approximate surface area is 193 Å². The monoisotopic (exact) mass is 444 g/mol. The summed E-state index contributed by atoms with van der Waals surface area (Å²) in [5.41, 5.74) is 7.14. The van der Waals surface area contributed by atoms with Crippen molar-refractivity contribution in [3.63, 3.8) is 0 Å². The summed E-state index contributed by atoms with van der Waals surface area (Å²) in [5, 5.41) is 11.0. The van der Waals surface area contributed by atoms with E-state index in [1.165, 1.54) is 38.5 Å². The van der Waals surface area contributed by atoms with Gasteiger partial charge in [0.2, 0.25) is 0 Å². The van der Waals surface area contributed by atoms with Gasteiger partial charge >= 0.3 is 5.97 Å². The number of hydrogen-bond donors (Lipinski definition) is 2. The highest BCUT2D eigenvalue weighted by molar-refractivity contribution is 7.59. The first-order valence-electron chi connectivity index (χ1n) is 11.2. The Balaban J connectivity index is 0.000000175. The summed E-state index contributed by atoms with van der Waals surface area (Å²) in [5.74, 6) is 0.527.